The van der Waals surface area contributed by atoms with Gasteiger partial charge in [-0.1, -0.05) is 118 Å². The SMILES string of the molecule is CCCCCCCCC(CCCCCCCCCCC(C)(C)C)C(C)(OC)OC. The molecule has 0 heterocycles. The van der Waals surface area contributed by atoms with Gasteiger partial charge >= 0.3 is 0 Å². The van der Waals surface area contributed by atoms with Gasteiger partial charge in [0, 0.05) is 20.1 Å². The largest absolute Gasteiger partial charge is 0.353 e. The molecule has 0 spiro atoms. The molecule has 0 amide bonds. The van der Waals surface area contributed by atoms with Crippen LogP contribution >= 0.6 is 0 Å². The maximum Gasteiger partial charge on any atom is 0.167 e. The Bertz CT molecular complexity index is 341. The predicted octanol–water partition coefficient (Wildman–Crippen LogP) is 9.31. The predicted molar refractivity (Wildman–Crippen MR) is 130 cm³/mol. The fraction of sp³-hybridized carbons (Fsp3) is 1.00. The molecule has 1 atom stereocenters. The van der Waals surface area contributed by atoms with E-state index in [4.69, 9.17) is 9.47 Å². The lowest BCUT2D eigenvalue weighted by Crippen LogP contribution is -2.39. The van der Waals surface area contributed by atoms with E-state index in [-0.39, 0.29) is 0 Å². The molecule has 0 aliphatic rings. The van der Waals surface area contributed by atoms with Crippen LogP contribution in [0.1, 0.15) is 144 Å². The molecule has 29 heavy (non-hydrogen) atoms. The Labute approximate surface area is 184 Å². The first kappa shape index (κ1) is 28.9. The van der Waals surface area contributed by atoms with Crippen molar-refractivity contribution in [3.05, 3.63) is 0 Å². The lowest BCUT2D eigenvalue weighted by atomic mass is 9.87. The molecule has 0 bridgehead atoms. The third kappa shape index (κ3) is 16.3. The third-order valence-electron chi connectivity index (χ3n) is 6.69. The minimum Gasteiger partial charge on any atom is -0.353 e. The topological polar surface area (TPSA) is 18.5 Å². The van der Waals surface area contributed by atoms with E-state index in [2.05, 4.69) is 34.6 Å². The normalized spacial score (nSPS) is 13.8. The Morgan fingerprint density at radius 3 is 1.31 bits per heavy atom. The summed E-state index contributed by atoms with van der Waals surface area (Å²) in [7, 11) is 3.61. The first-order valence-electron chi connectivity index (χ1n) is 12.9. The Balaban J connectivity index is 3.93. The van der Waals surface area contributed by atoms with Gasteiger partial charge in [-0.3, -0.25) is 0 Å². The number of rotatable bonds is 20. The van der Waals surface area contributed by atoms with Crippen LogP contribution in [0.5, 0.6) is 0 Å². The second-order valence-corrected chi connectivity index (χ2v) is 10.6. The van der Waals surface area contributed by atoms with Crippen LogP contribution in [-0.4, -0.2) is 20.0 Å². The smallest absolute Gasteiger partial charge is 0.167 e. The van der Waals surface area contributed by atoms with E-state index in [1.165, 1.54) is 109 Å². The maximum atomic E-state index is 5.78. The van der Waals surface area contributed by atoms with Crippen LogP contribution in [0.4, 0.5) is 0 Å². The number of unbranched alkanes of at least 4 members (excludes halogenated alkanes) is 12. The fourth-order valence-corrected chi connectivity index (χ4v) is 4.36. The molecular formula is C27H56O2. The van der Waals surface area contributed by atoms with Gasteiger partial charge in [0.15, 0.2) is 5.79 Å². The third-order valence-corrected chi connectivity index (χ3v) is 6.69. The van der Waals surface area contributed by atoms with E-state index in [0.717, 1.165) is 0 Å². The van der Waals surface area contributed by atoms with Gasteiger partial charge in [-0.15, -0.1) is 0 Å². The fourth-order valence-electron chi connectivity index (χ4n) is 4.36. The first-order valence-corrected chi connectivity index (χ1v) is 12.9. The second kappa shape index (κ2) is 17.6. The molecule has 176 valence electrons. The summed E-state index contributed by atoms with van der Waals surface area (Å²) in [4.78, 5) is 0. The Kier molecular flexibility index (Phi) is 17.5. The molecule has 0 aromatic heterocycles. The van der Waals surface area contributed by atoms with Crippen molar-refractivity contribution in [2.24, 2.45) is 11.3 Å². The van der Waals surface area contributed by atoms with Gasteiger partial charge < -0.3 is 9.47 Å². The van der Waals surface area contributed by atoms with Crippen molar-refractivity contribution < 1.29 is 9.47 Å². The molecule has 0 fully saturated rings. The van der Waals surface area contributed by atoms with Crippen molar-refractivity contribution in [3.63, 3.8) is 0 Å². The zero-order valence-electron chi connectivity index (χ0n) is 21.4. The second-order valence-electron chi connectivity index (χ2n) is 10.6. The summed E-state index contributed by atoms with van der Waals surface area (Å²) < 4.78 is 11.6. The minimum atomic E-state index is -0.420. The number of methoxy groups -OCH3 is 2. The summed E-state index contributed by atoms with van der Waals surface area (Å²) in [5.74, 6) is 0.0947. The van der Waals surface area contributed by atoms with Crippen LogP contribution in [0, 0.1) is 11.3 Å². The summed E-state index contributed by atoms with van der Waals surface area (Å²) >= 11 is 0. The molecule has 0 saturated carbocycles. The van der Waals surface area contributed by atoms with E-state index in [1.807, 2.05) is 0 Å². The average Bonchev–Trinajstić information content (AvgIpc) is 2.68. The molecule has 1 unspecified atom stereocenters. The highest BCUT2D eigenvalue weighted by Gasteiger charge is 2.33. The molecule has 0 aliphatic heterocycles. The summed E-state index contributed by atoms with van der Waals surface area (Å²) in [6.07, 6.45) is 23.1. The summed E-state index contributed by atoms with van der Waals surface area (Å²) in [6, 6.07) is 0. The van der Waals surface area contributed by atoms with Crippen molar-refractivity contribution in [2.45, 2.75) is 150 Å². The maximum absolute atomic E-state index is 5.78. The van der Waals surface area contributed by atoms with Gasteiger partial charge in [0.25, 0.3) is 0 Å². The molecule has 0 N–H and O–H groups in total. The molecule has 0 radical (unpaired) electrons. The molecule has 0 rings (SSSR count). The molecule has 2 nitrogen and oxygen atoms in total. The van der Waals surface area contributed by atoms with Crippen molar-refractivity contribution >= 4 is 0 Å². The van der Waals surface area contributed by atoms with Crippen LogP contribution in [-0.2, 0) is 9.47 Å². The van der Waals surface area contributed by atoms with Crippen LogP contribution < -0.4 is 0 Å². The summed E-state index contributed by atoms with van der Waals surface area (Å²) in [6.45, 7) is 11.5. The van der Waals surface area contributed by atoms with Gasteiger partial charge in [-0.2, -0.15) is 0 Å². The Morgan fingerprint density at radius 2 is 0.931 bits per heavy atom. The Morgan fingerprint density at radius 1 is 0.552 bits per heavy atom. The molecule has 0 aliphatic carbocycles. The van der Waals surface area contributed by atoms with E-state index in [0.29, 0.717) is 11.3 Å². The number of ether oxygens (including phenoxy) is 2. The molecular weight excluding hydrogens is 356 g/mol. The molecule has 0 aromatic rings. The van der Waals surface area contributed by atoms with E-state index < -0.39 is 5.79 Å². The first-order chi connectivity index (χ1) is 13.8. The molecule has 0 aromatic carbocycles. The van der Waals surface area contributed by atoms with Gasteiger partial charge in [0.2, 0.25) is 0 Å². The highest BCUT2D eigenvalue weighted by molar-refractivity contribution is 4.75. The van der Waals surface area contributed by atoms with E-state index in [9.17, 15) is 0 Å². The van der Waals surface area contributed by atoms with Crippen LogP contribution in [0.2, 0.25) is 0 Å². The monoisotopic (exact) mass is 412 g/mol. The van der Waals surface area contributed by atoms with Gasteiger partial charge in [-0.25, -0.2) is 0 Å². The van der Waals surface area contributed by atoms with Crippen molar-refractivity contribution in [1.82, 2.24) is 0 Å². The van der Waals surface area contributed by atoms with Gasteiger partial charge in [-0.05, 0) is 31.6 Å². The van der Waals surface area contributed by atoms with Crippen LogP contribution in [0.15, 0.2) is 0 Å². The minimum absolute atomic E-state index is 0.420. The molecule has 2 heteroatoms. The standard InChI is InChI=1S/C27H56O2/c1-8-9-10-11-16-19-22-25(27(5,28-6)29-7)23-20-17-14-12-13-15-18-21-24-26(2,3)4/h25H,8-24H2,1-7H3. The van der Waals surface area contributed by atoms with Gasteiger partial charge in [0.05, 0.1) is 0 Å². The van der Waals surface area contributed by atoms with Crippen LogP contribution in [0.3, 0.4) is 0 Å². The number of hydrogen-bond donors (Lipinski definition) is 0. The lowest BCUT2D eigenvalue weighted by molar-refractivity contribution is -0.230. The van der Waals surface area contributed by atoms with Crippen molar-refractivity contribution in [2.75, 3.05) is 14.2 Å². The molecule has 0 saturated heterocycles. The zero-order valence-corrected chi connectivity index (χ0v) is 21.4. The van der Waals surface area contributed by atoms with E-state index in [1.54, 1.807) is 14.2 Å². The van der Waals surface area contributed by atoms with Crippen molar-refractivity contribution in [3.8, 4) is 0 Å². The van der Waals surface area contributed by atoms with Gasteiger partial charge in [0.1, 0.15) is 0 Å². The highest BCUT2D eigenvalue weighted by Crippen LogP contribution is 2.32. The Hall–Kier alpha value is -0.0800. The van der Waals surface area contributed by atoms with Crippen LogP contribution in [0.25, 0.3) is 0 Å². The lowest BCUT2D eigenvalue weighted by Gasteiger charge is -2.35. The summed E-state index contributed by atoms with van der Waals surface area (Å²) in [5, 5.41) is 0. The highest BCUT2D eigenvalue weighted by atomic mass is 16.7. The number of hydrogen-bond acceptors (Lipinski definition) is 2. The summed E-state index contributed by atoms with van der Waals surface area (Å²) in [5.41, 5.74) is 0.505. The zero-order chi connectivity index (χ0) is 22.0. The van der Waals surface area contributed by atoms with Crippen molar-refractivity contribution in [1.29, 1.82) is 0 Å². The quantitative estimate of drug-likeness (QED) is 0.146. The average molecular weight is 413 g/mol. The van der Waals surface area contributed by atoms with E-state index >= 15 is 0 Å².